The number of hydrogen-bond donors (Lipinski definition) is 4. The maximum Gasteiger partial charge on any atom is 0.407 e. The number of nitrogens with one attached hydrogen (secondary N) is 1. The zero-order valence-corrected chi connectivity index (χ0v) is 14.5. The molecule has 0 radical (unpaired) electrons. The Hall–Kier alpha value is -2.84. The fraction of sp³-hybridized carbons (Fsp3) is 0.333. The van der Waals surface area contributed by atoms with Crippen molar-refractivity contribution < 1.29 is 24.5 Å². The molecule has 8 heteroatoms. The van der Waals surface area contributed by atoms with Crippen molar-refractivity contribution in [1.29, 1.82) is 0 Å². The summed E-state index contributed by atoms with van der Waals surface area (Å²) in [7, 11) is 1.44. The van der Waals surface area contributed by atoms with E-state index in [1.165, 1.54) is 19.4 Å². The van der Waals surface area contributed by atoms with Gasteiger partial charge < -0.3 is 30.7 Å². The maximum absolute atomic E-state index is 11.6. The Morgan fingerprint density at radius 2 is 2.04 bits per heavy atom. The van der Waals surface area contributed by atoms with E-state index in [4.69, 9.17) is 15.2 Å². The van der Waals surface area contributed by atoms with Crippen LogP contribution in [0.2, 0.25) is 0 Å². The number of nitrogens with two attached hydrogens (primary N) is 1. The van der Waals surface area contributed by atoms with Crippen LogP contribution in [0.1, 0.15) is 23.7 Å². The van der Waals surface area contributed by atoms with Gasteiger partial charge in [0, 0.05) is 18.3 Å². The molecule has 0 bridgehead atoms. The van der Waals surface area contributed by atoms with E-state index in [-0.39, 0.29) is 31.1 Å². The van der Waals surface area contributed by atoms with Crippen molar-refractivity contribution >= 4 is 11.8 Å². The van der Waals surface area contributed by atoms with Gasteiger partial charge in [-0.3, -0.25) is 0 Å². The Bertz CT molecular complexity index is 711. The number of pyridine rings is 1. The van der Waals surface area contributed by atoms with Crippen molar-refractivity contribution in [3.05, 3.63) is 53.7 Å². The van der Waals surface area contributed by atoms with Gasteiger partial charge in [-0.1, -0.05) is 30.3 Å². The molecule has 0 aliphatic rings. The molecule has 8 nitrogen and oxygen atoms in total. The molecule has 0 spiro atoms. The number of benzene rings is 1. The van der Waals surface area contributed by atoms with Crippen LogP contribution in [0.4, 0.5) is 10.5 Å². The number of nitrogens with zero attached hydrogens (tertiary/aromatic N) is 1. The Morgan fingerprint density at radius 3 is 2.69 bits per heavy atom. The van der Waals surface area contributed by atoms with Crippen LogP contribution in [0, 0.1) is 0 Å². The van der Waals surface area contributed by atoms with E-state index in [0.717, 1.165) is 5.56 Å². The predicted molar refractivity (Wildman–Crippen MR) is 95.4 cm³/mol. The van der Waals surface area contributed by atoms with Crippen molar-refractivity contribution in [2.45, 2.75) is 25.2 Å². The van der Waals surface area contributed by atoms with Gasteiger partial charge in [0.05, 0.1) is 18.9 Å². The number of anilines is 1. The van der Waals surface area contributed by atoms with Gasteiger partial charge in [0.25, 0.3) is 0 Å². The van der Waals surface area contributed by atoms with Crippen LogP contribution >= 0.6 is 0 Å². The lowest BCUT2D eigenvalue weighted by Gasteiger charge is -2.18. The zero-order chi connectivity index (χ0) is 18.9. The predicted octanol–water partition coefficient (Wildman–Crippen LogP) is 1.38. The highest BCUT2D eigenvalue weighted by molar-refractivity contribution is 5.67. The first-order valence-corrected chi connectivity index (χ1v) is 8.11. The maximum atomic E-state index is 11.6. The highest BCUT2D eigenvalue weighted by atomic mass is 16.5. The van der Waals surface area contributed by atoms with Gasteiger partial charge in [0.15, 0.2) is 0 Å². The fourth-order valence-electron chi connectivity index (χ4n) is 2.29. The molecule has 1 aromatic carbocycles. The van der Waals surface area contributed by atoms with Crippen LogP contribution < -0.4 is 15.8 Å². The highest BCUT2D eigenvalue weighted by Crippen LogP contribution is 2.24. The molecule has 1 aromatic heterocycles. The Labute approximate surface area is 151 Å². The smallest absolute Gasteiger partial charge is 0.407 e. The van der Waals surface area contributed by atoms with Crippen LogP contribution in [-0.4, -0.2) is 41.0 Å². The summed E-state index contributed by atoms with van der Waals surface area (Å²) in [6.07, 6.45) is -1.36. The molecule has 0 saturated carbocycles. The number of aromatic nitrogens is 1. The first kappa shape index (κ1) is 19.5. The number of rotatable bonds is 8. The minimum Gasteiger partial charge on any atom is -0.480 e. The summed E-state index contributed by atoms with van der Waals surface area (Å²) in [6.45, 7) is 0.305. The molecule has 1 amide bonds. The summed E-state index contributed by atoms with van der Waals surface area (Å²) < 4.78 is 10.0. The number of aliphatic hydroxyl groups is 2. The Morgan fingerprint density at radius 1 is 1.31 bits per heavy atom. The van der Waals surface area contributed by atoms with Gasteiger partial charge in [-0.05, 0) is 18.1 Å². The van der Waals surface area contributed by atoms with Crippen molar-refractivity contribution in [2.75, 3.05) is 19.4 Å². The number of hydrogen-bond acceptors (Lipinski definition) is 7. The van der Waals surface area contributed by atoms with E-state index in [1.54, 1.807) is 0 Å². The molecule has 2 atom stereocenters. The lowest BCUT2D eigenvalue weighted by Crippen LogP contribution is -2.29. The third kappa shape index (κ3) is 5.61. The average Bonchev–Trinajstić information content (AvgIpc) is 2.66. The fourth-order valence-corrected chi connectivity index (χ4v) is 2.29. The van der Waals surface area contributed by atoms with Gasteiger partial charge in [0.1, 0.15) is 12.7 Å². The first-order chi connectivity index (χ1) is 12.5. The zero-order valence-electron chi connectivity index (χ0n) is 14.5. The average molecular weight is 361 g/mol. The minimum atomic E-state index is -1.18. The van der Waals surface area contributed by atoms with Crippen molar-refractivity contribution in [3.63, 3.8) is 0 Å². The second-order valence-corrected chi connectivity index (χ2v) is 5.66. The van der Waals surface area contributed by atoms with Crippen LogP contribution in [-0.2, 0) is 11.3 Å². The van der Waals surface area contributed by atoms with Crippen LogP contribution in [0.15, 0.2) is 42.6 Å². The van der Waals surface area contributed by atoms with Crippen molar-refractivity contribution in [1.82, 2.24) is 10.3 Å². The summed E-state index contributed by atoms with van der Waals surface area (Å²) in [4.78, 5) is 15.6. The third-order valence-electron chi connectivity index (χ3n) is 3.72. The molecule has 2 unspecified atom stereocenters. The molecular formula is C18H23N3O5. The molecule has 2 aromatic rings. The van der Waals surface area contributed by atoms with Gasteiger partial charge in [-0.25, -0.2) is 9.78 Å². The molecule has 0 aliphatic carbocycles. The third-order valence-corrected chi connectivity index (χ3v) is 3.72. The van der Waals surface area contributed by atoms with E-state index in [1.807, 2.05) is 30.3 Å². The number of alkyl carbamates (subject to hydrolysis) is 1. The lowest BCUT2D eigenvalue weighted by molar-refractivity contribution is 0.0134. The molecule has 2 rings (SSSR count). The molecule has 0 fully saturated rings. The minimum absolute atomic E-state index is 0.132. The Kier molecular flexibility index (Phi) is 7.19. The van der Waals surface area contributed by atoms with E-state index < -0.39 is 18.3 Å². The van der Waals surface area contributed by atoms with E-state index in [9.17, 15) is 15.0 Å². The van der Waals surface area contributed by atoms with Crippen LogP contribution in [0.3, 0.4) is 0 Å². The molecule has 26 heavy (non-hydrogen) atoms. The second-order valence-electron chi connectivity index (χ2n) is 5.66. The summed E-state index contributed by atoms with van der Waals surface area (Å²) >= 11 is 0. The normalized spacial score (nSPS) is 12.9. The first-order valence-electron chi connectivity index (χ1n) is 8.11. The molecule has 0 aliphatic heterocycles. The van der Waals surface area contributed by atoms with Crippen LogP contribution in [0.25, 0.3) is 0 Å². The van der Waals surface area contributed by atoms with Gasteiger partial charge in [-0.2, -0.15) is 0 Å². The molecule has 140 valence electrons. The molecule has 0 saturated heterocycles. The van der Waals surface area contributed by atoms with Gasteiger partial charge in [-0.15, -0.1) is 0 Å². The van der Waals surface area contributed by atoms with Crippen molar-refractivity contribution in [2.24, 2.45) is 0 Å². The van der Waals surface area contributed by atoms with E-state index in [0.29, 0.717) is 5.56 Å². The molecular weight excluding hydrogens is 338 g/mol. The SMILES string of the molecule is COc1ncc(C(O)C(O)CCNC(=O)OCc2ccccc2)cc1N. The number of carbonyl (C=O) groups excluding carboxylic acids is 1. The summed E-state index contributed by atoms with van der Waals surface area (Å²) in [5.41, 5.74) is 7.24. The number of methoxy groups -OCH3 is 1. The molecule has 5 N–H and O–H groups in total. The summed E-state index contributed by atoms with van der Waals surface area (Å²) in [5.74, 6) is 0.248. The second kappa shape index (κ2) is 9.59. The number of nitrogen functional groups attached to an aromatic ring is 1. The van der Waals surface area contributed by atoms with Gasteiger partial charge in [0.2, 0.25) is 5.88 Å². The van der Waals surface area contributed by atoms with E-state index in [2.05, 4.69) is 10.3 Å². The lowest BCUT2D eigenvalue weighted by atomic mass is 10.0. The quantitative estimate of drug-likeness (QED) is 0.559. The highest BCUT2D eigenvalue weighted by Gasteiger charge is 2.20. The number of aliphatic hydroxyl groups excluding tert-OH is 2. The largest absolute Gasteiger partial charge is 0.480 e. The standard InChI is InChI=1S/C18H23N3O5/c1-25-17-14(19)9-13(10-21-17)16(23)15(22)7-8-20-18(24)26-11-12-5-3-2-4-6-12/h2-6,9-10,15-16,22-23H,7-8,11,19H2,1H3,(H,20,24). The topological polar surface area (TPSA) is 127 Å². The number of ether oxygens (including phenoxy) is 2. The van der Waals surface area contributed by atoms with Crippen LogP contribution in [0.5, 0.6) is 5.88 Å². The Balaban J connectivity index is 1.74. The van der Waals surface area contributed by atoms with Gasteiger partial charge >= 0.3 is 6.09 Å². The number of carbonyl (C=O) groups is 1. The summed E-state index contributed by atoms with van der Waals surface area (Å²) in [6, 6.07) is 10.8. The molecule has 1 heterocycles. The number of amides is 1. The van der Waals surface area contributed by atoms with E-state index >= 15 is 0 Å². The monoisotopic (exact) mass is 361 g/mol. The van der Waals surface area contributed by atoms with Crippen molar-refractivity contribution in [3.8, 4) is 5.88 Å². The summed E-state index contributed by atoms with van der Waals surface area (Å²) in [5, 5.41) is 22.8.